The molecule has 1 unspecified atom stereocenters. The van der Waals surface area contributed by atoms with E-state index in [0.29, 0.717) is 24.6 Å². The highest BCUT2D eigenvalue weighted by Crippen LogP contribution is 2.33. The number of hydrogen-bond donors (Lipinski definition) is 5. The number of aromatic nitrogens is 6. The minimum atomic E-state index is -0.415. The van der Waals surface area contributed by atoms with Crippen LogP contribution in [0, 0.1) is 12.8 Å². The van der Waals surface area contributed by atoms with Crippen LogP contribution < -0.4 is 26.2 Å². The van der Waals surface area contributed by atoms with Crippen molar-refractivity contribution >= 4 is 40.3 Å². The lowest BCUT2D eigenvalue weighted by atomic mass is 9.90. The fourth-order valence-electron chi connectivity index (χ4n) is 8.16. The van der Waals surface area contributed by atoms with Crippen LogP contribution in [0.3, 0.4) is 0 Å². The maximum atomic E-state index is 12.9. The minimum Gasteiger partial charge on any atom is -0.372 e. The third-order valence-electron chi connectivity index (χ3n) is 11.7. The average molecular weight is 824 g/mol. The van der Waals surface area contributed by atoms with E-state index in [1.807, 2.05) is 77.2 Å². The topological polar surface area (TPSA) is 196 Å². The summed E-state index contributed by atoms with van der Waals surface area (Å²) in [5.41, 5.74) is 8.12. The number of H-pyrrole nitrogens is 1. The SMILES string of the molecule is Cc1cc(-c2ncnc3[nH]c(-c4ccc(NCCNCC5CCN(c6ccc(C7CCC(=O)NC7=O)cc6)CC5)nc4)cc23)ccc1[C@@H](C)NC(=O)c1nc(C(C)(C)C)no1. The molecular weight excluding hydrogens is 771 g/mol. The van der Waals surface area contributed by atoms with Crippen LogP contribution in [-0.4, -0.2) is 80.5 Å². The van der Waals surface area contributed by atoms with Crippen molar-refractivity contribution in [2.24, 2.45) is 5.92 Å². The van der Waals surface area contributed by atoms with Crippen molar-refractivity contribution in [1.29, 1.82) is 0 Å². The molecule has 2 fully saturated rings. The molecule has 0 bridgehead atoms. The highest BCUT2D eigenvalue weighted by atomic mass is 16.5. The summed E-state index contributed by atoms with van der Waals surface area (Å²) in [6.07, 6.45) is 6.62. The minimum absolute atomic E-state index is 0.0531. The van der Waals surface area contributed by atoms with E-state index in [0.717, 1.165) is 102 Å². The summed E-state index contributed by atoms with van der Waals surface area (Å²) < 4.78 is 5.23. The molecule has 8 rings (SSSR count). The van der Waals surface area contributed by atoms with Gasteiger partial charge < -0.3 is 30.4 Å². The Bertz CT molecular complexity index is 2520. The molecule has 4 aromatic heterocycles. The zero-order valence-corrected chi connectivity index (χ0v) is 35.3. The molecule has 15 nitrogen and oxygen atoms in total. The first-order chi connectivity index (χ1) is 29.4. The third-order valence-corrected chi connectivity index (χ3v) is 11.7. The van der Waals surface area contributed by atoms with Crippen LogP contribution in [0.25, 0.3) is 33.5 Å². The number of nitrogens with one attached hydrogen (secondary N) is 5. The Kier molecular flexibility index (Phi) is 11.9. The van der Waals surface area contributed by atoms with Crippen molar-refractivity contribution in [3.63, 3.8) is 0 Å². The number of amides is 3. The molecule has 2 aromatic carbocycles. The number of fused-ring (bicyclic) bond motifs is 1. The van der Waals surface area contributed by atoms with E-state index in [4.69, 9.17) is 4.52 Å². The first kappa shape index (κ1) is 41.3. The number of carbonyl (C=O) groups is 3. The standard InChI is InChI=1S/C46H53N11O4/c1-27-22-31(8-12-34(27)28(2)52-43(60)44-55-45(56-61-44)46(3,4)5)40-36-23-37(53-41(36)51-26-50-40)32-9-14-38(49-25-32)48-19-18-47-24-29-16-20-57(21-17-29)33-10-6-30(7-11-33)35-13-15-39(58)54-42(35)59/h6-12,14,22-23,25-26,28-29,35,47H,13,15-21,24H2,1-5H3,(H,48,49)(H,52,60)(H,50,51,53)(H,54,58,59)/t28-,35?/m1/s1. The molecular formula is C46H53N11O4. The number of pyridine rings is 1. The summed E-state index contributed by atoms with van der Waals surface area (Å²) in [5.74, 6) is 0.820. The summed E-state index contributed by atoms with van der Waals surface area (Å²) >= 11 is 0. The van der Waals surface area contributed by atoms with Gasteiger partial charge in [-0.2, -0.15) is 4.98 Å². The van der Waals surface area contributed by atoms with Crippen molar-refractivity contribution in [2.45, 2.75) is 77.7 Å². The second-order valence-electron chi connectivity index (χ2n) is 17.2. The second kappa shape index (κ2) is 17.6. The zero-order chi connectivity index (χ0) is 42.7. The van der Waals surface area contributed by atoms with E-state index in [9.17, 15) is 14.4 Å². The monoisotopic (exact) mass is 823 g/mol. The number of aryl methyl sites for hydroxylation is 1. The van der Waals surface area contributed by atoms with Crippen molar-refractivity contribution in [2.75, 3.05) is 42.9 Å². The smallest absolute Gasteiger partial charge is 0.315 e. The van der Waals surface area contributed by atoms with Crippen LogP contribution >= 0.6 is 0 Å². The Balaban J connectivity index is 0.796. The van der Waals surface area contributed by atoms with Gasteiger partial charge in [0.25, 0.3) is 0 Å². The van der Waals surface area contributed by atoms with Gasteiger partial charge in [0.15, 0.2) is 5.82 Å². The molecule has 6 heterocycles. The van der Waals surface area contributed by atoms with E-state index >= 15 is 0 Å². The lowest BCUT2D eigenvalue weighted by molar-refractivity contribution is -0.134. The molecule has 2 atom stereocenters. The Morgan fingerprint density at radius 3 is 2.44 bits per heavy atom. The molecule has 3 amide bonds. The Labute approximate surface area is 354 Å². The van der Waals surface area contributed by atoms with Gasteiger partial charge in [-0.25, -0.2) is 15.0 Å². The van der Waals surface area contributed by atoms with Crippen LogP contribution in [0.15, 0.2) is 77.7 Å². The number of aromatic amines is 1. The van der Waals surface area contributed by atoms with Gasteiger partial charge >= 0.3 is 11.8 Å². The highest BCUT2D eigenvalue weighted by Gasteiger charge is 2.29. The molecule has 2 aliphatic heterocycles. The lowest BCUT2D eigenvalue weighted by Crippen LogP contribution is -2.39. The molecule has 5 N–H and O–H groups in total. The summed E-state index contributed by atoms with van der Waals surface area (Å²) in [6, 6.07) is 20.2. The number of imide groups is 1. The Hall–Kier alpha value is -6.48. The predicted molar refractivity (Wildman–Crippen MR) is 234 cm³/mol. The van der Waals surface area contributed by atoms with Crippen molar-refractivity contribution in [3.05, 3.63) is 102 Å². The molecule has 6 aromatic rings. The first-order valence-electron chi connectivity index (χ1n) is 21.1. The quantitative estimate of drug-likeness (QED) is 0.0619. The zero-order valence-electron chi connectivity index (χ0n) is 35.3. The number of rotatable bonds is 13. The van der Waals surface area contributed by atoms with E-state index < -0.39 is 5.91 Å². The number of hydrogen-bond acceptors (Lipinski definition) is 12. The summed E-state index contributed by atoms with van der Waals surface area (Å²) in [7, 11) is 0. The Morgan fingerprint density at radius 1 is 0.951 bits per heavy atom. The molecule has 0 aliphatic carbocycles. The second-order valence-corrected chi connectivity index (χ2v) is 17.2. The molecule has 2 saturated heterocycles. The number of piperidine rings is 2. The normalized spacial score (nSPS) is 16.7. The summed E-state index contributed by atoms with van der Waals surface area (Å²) in [4.78, 5) is 60.7. The molecule has 61 heavy (non-hydrogen) atoms. The number of nitrogens with zero attached hydrogens (tertiary/aromatic N) is 6. The van der Waals surface area contributed by atoms with Crippen molar-refractivity contribution < 1.29 is 18.9 Å². The largest absolute Gasteiger partial charge is 0.372 e. The third kappa shape index (κ3) is 9.46. The number of benzene rings is 2. The van der Waals surface area contributed by atoms with Gasteiger partial charge in [-0.3, -0.25) is 19.7 Å². The average Bonchev–Trinajstić information content (AvgIpc) is 3.94. The van der Waals surface area contributed by atoms with Gasteiger partial charge in [0.1, 0.15) is 17.8 Å². The lowest BCUT2D eigenvalue weighted by Gasteiger charge is -2.34. The van der Waals surface area contributed by atoms with Crippen molar-refractivity contribution in [3.8, 4) is 22.5 Å². The Morgan fingerprint density at radius 2 is 1.74 bits per heavy atom. The van der Waals surface area contributed by atoms with E-state index in [1.54, 1.807) is 6.33 Å². The van der Waals surface area contributed by atoms with E-state index in [1.165, 1.54) is 5.69 Å². The van der Waals surface area contributed by atoms with Gasteiger partial charge in [0.05, 0.1) is 17.7 Å². The van der Waals surface area contributed by atoms with Gasteiger partial charge in [-0.05, 0) is 98.7 Å². The summed E-state index contributed by atoms with van der Waals surface area (Å²) in [6.45, 7) is 14.4. The molecule has 0 spiro atoms. The fourth-order valence-corrected chi connectivity index (χ4v) is 8.16. The molecule has 316 valence electrons. The van der Waals surface area contributed by atoms with E-state index in [-0.39, 0.29) is 35.1 Å². The molecule has 0 saturated carbocycles. The maximum Gasteiger partial charge on any atom is 0.315 e. The number of anilines is 2. The van der Waals surface area contributed by atoms with E-state index in [2.05, 4.69) is 80.5 Å². The van der Waals surface area contributed by atoms with Crippen LogP contribution in [0.2, 0.25) is 0 Å². The van der Waals surface area contributed by atoms with Crippen LogP contribution in [0.1, 0.15) is 98.5 Å². The van der Waals surface area contributed by atoms with Crippen molar-refractivity contribution in [1.82, 2.24) is 46.0 Å². The number of carbonyl (C=O) groups excluding carboxylic acids is 3. The highest BCUT2D eigenvalue weighted by molar-refractivity contribution is 6.01. The molecule has 2 aliphatic rings. The first-order valence-corrected chi connectivity index (χ1v) is 21.1. The van der Waals surface area contributed by atoms with Crippen LogP contribution in [0.4, 0.5) is 11.5 Å². The molecule has 0 radical (unpaired) electrons. The predicted octanol–water partition coefficient (Wildman–Crippen LogP) is 6.61. The van der Waals surface area contributed by atoms with Gasteiger partial charge in [0.2, 0.25) is 11.8 Å². The summed E-state index contributed by atoms with van der Waals surface area (Å²) in [5, 5.41) is 17.4. The van der Waals surface area contributed by atoms with Gasteiger partial charge in [0, 0.05) is 72.1 Å². The van der Waals surface area contributed by atoms with Gasteiger partial charge in [-0.1, -0.05) is 50.2 Å². The maximum absolute atomic E-state index is 12.9. The van der Waals surface area contributed by atoms with Crippen LogP contribution in [-0.2, 0) is 15.0 Å². The molecule has 15 heteroatoms. The fraction of sp³-hybridized carbons (Fsp3) is 0.391. The van der Waals surface area contributed by atoms with Gasteiger partial charge in [-0.15, -0.1) is 0 Å². The van der Waals surface area contributed by atoms with Crippen LogP contribution in [0.5, 0.6) is 0 Å².